The van der Waals surface area contributed by atoms with Crippen molar-refractivity contribution in [3.8, 4) is 5.75 Å². The van der Waals surface area contributed by atoms with Gasteiger partial charge in [0.25, 0.3) is 5.91 Å². The monoisotopic (exact) mass is 346 g/mol. The topological polar surface area (TPSA) is 68.7 Å². The van der Waals surface area contributed by atoms with Crippen LogP contribution in [0, 0.1) is 6.92 Å². The van der Waals surface area contributed by atoms with Crippen LogP contribution in [0.15, 0.2) is 36.5 Å². The molecule has 0 fully saturated rings. The Morgan fingerprint density at radius 3 is 2.96 bits per heavy atom. The number of aryl methyl sites for hydroxylation is 1. The second-order valence-electron chi connectivity index (χ2n) is 5.31. The number of carbonyl (C=O) groups excluding carboxylic acids is 2. The molecule has 2 heterocycles. The van der Waals surface area contributed by atoms with Crippen molar-refractivity contribution in [1.29, 1.82) is 0 Å². The second-order valence-corrected chi connectivity index (χ2v) is 5.70. The number of ether oxygens (including phenoxy) is 2. The van der Waals surface area contributed by atoms with Gasteiger partial charge in [-0.2, -0.15) is 0 Å². The molecule has 0 radical (unpaired) electrons. The van der Waals surface area contributed by atoms with Gasteiger partial charge in [-0.05, 0) is 36.8 Å². The molecule has 1 aliphatic rings. The molecule has 7 heteroatoms. The summed E-state index contributed by atoms with van der Waals surface area (Å²) in [5.74, 6) is -0.281. The van der Waals surface area contributed by atoms with Gasteiger partial charge in [0.2, 0.25) is 0 Å². The summed E-state index contributed by atoms with van der Waals surface area (Å²) >= 11 is 5.74. The van der Waals surface area contributed by atoms with Gasteiger partial charge in [0, 0.05) is 6.20 Å². The quantitative estimate of drug-likeness (QED) is 0.631. The second kappa shape index (κ2) is 6.88. The Labute approximate surface area is 144 Å². The summed E-state index contributed by atoms with van der Waals surface area (Å²) in [6.07, 6.45) is 1.40. The van der Waals surface area contributed by atoms with Gasteiger partial charge in [-0.25, -0.2) is 9.78 Å². The predicted molar refractivity (Wildman–Crippen MR) is 88.6 cm³/mol. The lowest BCUT2D eigenvalue weighted by Crippen LogP contribution is -2.40. The van der Waals surface area contributed by atoms with Gasteiger partial charge in [-0.3, -0.25) is 4.79 Å². The summed E-state index contributed by atoms with van der Waals surface area (Å²) < 4.78 is 10.6. The fourth-order valence-corrected chi connectivity index (χ4v) is 2.58. The number of hydrogen-bond acceptors (Lipinski definition) is 5. The summed E-state index contributed by atoms with van der Waals surface area (Å²) in [6, 6.07) is 8.49. The average molecular weight is 347 g/mol. The van der Waals surface area contributed by atoms with Gasteiger partial charge in [0.1, 0.15) is 17.5 Å². The third-order valence-electron chi connectivity index (χ3n) is 3.57. The van der Waals surface area contributed by atoms with Gasteiger partial charge in [0.05, 0.1) is 17.8 Å². The molecule has 0 N–H and O–H groups in total. The number of benzene rings is 1. The van der Waals surface area contributed by atoms with Crippen LogP contribution >= 0.6 is 11.6 Å². The van der Waals surface area contributed by atoms with E-state index in [0.717, 1.165) is 5.56 Å². The largest absolute Gasteiger partial charge is 0.490 e. The van der Waals surface area contributed by atoms with Gasteiger partial charge >= 0.3 is 5.97 Å². The van der Waals surface area contributed by atoms with Gasteiger partial charge in [-0.15, -0.1) is 0 Å². The van der Waals surface area contributed by atoms with Crippen LogP contribution in [-0.2, 0) is 9.53 Å². The van der Waals surface area contributed by atoms with E-state index in [1.54, 1.807) is 4.90 Å². The molecule has 1 aliphatic heterocycles. The number of nitrogens with zero attached hydrogens (tertiary/aromatic N) is 2. The van der Waals surface area contributed by atoms with Gasteiger partial charge in [0.15, 0.2) is 6.61 Å². The third kappa shape index (κ3) is 3.49. The molecule has 24 heavy (non-hydrogen) atoms. The Morgan fingerprint density at radius 1 is 1.33 bits per heavy atom. The van der Waals surface area contributed by atoms with Crippen LogP contribution in [0.25, 0.3) is 0 Å². The lowest BCUT2D eigenvalue weighted by molar-refractivity contribution is -0.121. The smallest absolute Gasteiger partial charge is 0.338 e. The first kappa shape index (κ1) is 16.3. The molecule has 0 spiro atoms. The van der Waals surface area contributed by atoms with Crippen molar-refractivity contribution in [2.24, 2.45) is 0 Å². The summed E-state index contributed by atoms with van der Waals surface area (Å²) in [5, 5.41) is 0.188. The minimum absolute atomic E-state index is 0.188. The minimum Gasteiger partial charge on any atom is -0.490 e. The maximum atomic E-state index is 12.4. The zero-order chi connectivity index (χ0) is 17.1. The van der Waals surface area contributed by atoms with E-state index in [-0.39, 0.29) is 23.2 Å². The van der Waals surface area contributed by atoms with Crippen molar-refractivity contribution in [3.05, 3.63) is 52.8 Å². The molecule has 1 aromatic carbocycles. The van der Waals surface area contributed by atoms with Crippen LogP contribution in [0.2, 0.25) is 5.15 Å². The highest BCUT2D eigenvalue weighted by molar-refractivity contribution is 6.29. The molecular formula is C17H15ClN2O4. The number of pyridine rings is 1. The Morgan fingerprint density at radius 2 is 2.17 bits per heavy atom. The zero-order valence-electron chi connectivity index (χ0n) is 13.0. The number of carbonyl (C=O) groups is 2. The maximum Gasteiger partial charge on any atom is 0.338 e. The number of halogens is 1. The summed E-state index contributed by atoms with van der Waals surface area (Å²) in [7, 11) is 0. The van der Waals surface area contributed by atoms with E-state index in [4.69, 9.17) is 21.1 Å². The summed E-state index contributed by atoms with van der Waals surface area (Å²) in [4.78, 5) is 29.8. The molecule has 1 aromatic heterocycles. The van der Waals surface area contributed by atoms with Crippen molar-refractivity contribution < 1.29 is 19.1 Å². The van der Waals surface area contributed by atoms with E-state index in [2.05, 4.69) is 4.98 Å². The Hall–Kier alpha value is -2.60. The fourth-order valence-electron chi connectivity index (χ4n) is 2.40. The van der Waals surface area contributed by atoms with E-state index in [1.165, 1.54) is 18.3 Å². The molecule has 124 valence electrons. The molecule has 1 amide bonds. The number of hydrogen-bond donors (Lipinski definition) is 0. The highest BCUT2D eigenvalue weighted by Gasteiger charge is 2.24. The third-order valence-corrected chi connectivity index (χ3v) is 3.77. The van der Waals surface area contributed by atoms with E-state index in [9.17, 15) is 9.59 Å². The van der Waals surface area contributed by atoms with Crippen LogP contribution < -0.4 is 9.64 Å². The number of rotatable bonds is 3. The van der Waals surface area contributed by atoms with Crippen molar-refractivity contribution in [1.82, 2.24) is 4.98 Å². The van der Waals surface area contributed by atoms with Crippen molar-refractivity contribution in [2.45, 2.75) is 6.92 Å². The molecule has 2 aromatic rings. The average Bonchev–Trinajstić information content (AvgIpc) is 2.58. The molecule has 3 rings (SSSR count). The van der Waals surface area contributed by atoms with E-state index < -0.39 is 5.97 Å². The van der Waals surface area contributed by atoms with Gasteiger partial charge < -0.3 is 14.4 Å². The number of amides is 1. The molecule has 0 aliphatic carbocycles. The summed E-state index contributed by atoms with van der Waals surface area (Å²) in [6.45, 7) is 2.39. The zero-order valence-corrected chi connectivity index (χ0v) is 13.7. The normalized spacial score (nSPS) is 13.0. The molecule has 0 bridgehead atoms. The van der Waals surface area contributed by atoms with Gasteiger partial charge in [-0.1, -0.05) is 17.7 Å². The van der Waals surface area contributed by atoms with Crippen LogP contribution in [-0.4, -0.2) is 36.6 Å². The first-order chi connectivity index (χ1) is 11.5. The molecular weight excluding hydrogens is 332 g/mol. The lowest BCUT2D eigenvalue weighted by Gasteiger charge is -2.29. The Bertz CT molecular complexity index is 794. The van der Waals surface area contributed by atoms with Crippen LogP contribution in [0.4, 0.5) is 5.69 Å². The first-order valence-electron chi connectivity index (χ1n) is 7.37. The van der Waals surface area contributed by atoms with E-state index >= 15 is 0 Å². The summed E-state index contributed by atoms with van der Waals surface area (Å²) in [5.41, 5.74) is 1.95. The molecule has 0 saturated carbocycles. The van der Waals surface area contributed by atoms with Crippen LogP contribution in [0.3, 0.4) is 0 Å². The highest BCUT2D eigenvalue weighted by Crippen LogP contribution is 2.32. The van der Waals surface area contributed by atoms with E-state index in [0.29, 0.717) is 24.6 Å². The Balaban J connectivity index is 1.68. The molecule has 0 unspecified atom stereocenters. The van der Waals surface area contributed by atoms with Crippen molar-refractivity contribution >= 4 is 29.2 Å². The molecule has 6 nitrogen and oxygen atoms in total. The van der Waals surface area contributed by atoms with Crippen LogP contribution in [0.5, 0.6) is 5.75 Å². The molecule has 0 saturated heterocycles. The molecule has 0 atom stereocenters. The van der Waals surface area contributed by atoms with E-state index in [1.807, 2.05) is 25.1 Å². The lowest BCUT2D eigenvalue weighted by atomic mass is 10.1. The predicted octanol–water partition coefficient (Wildman–Crippen LogP) is 2.63. The number of fused-ring (bicyclic) bond motifs is 1. The fraction of sp³-hybridized carbons (Fsp3) is 0.235. The van der Waals surface area contributed by atoms with Crippen molar-refractivity contribution in [3.63, 3.8) is 0 Å². The highest BCUT2D eigenvalue weighted by atomic mass is 35.5. The number of anilines is 1. The Kier molecular flexibility index (Phi) is 4.66. The standard InChI is InChI=1S/C17H15ClN2O4/c1-11-2-3-14-13(8-11)20(6-7-23-14)16(21)10-24-17(22)12-4-5-19-15(18)9-12/h2-5,8-9H,6-7,10H2,1H3. The first-order valence-corrected chi connectivity index (χ1v) is 7.75. The van der Waals surface area contributed by atoms with Crippen LogP contribution in [0.1, 0.15) is 15.9 Å². The SMILES string of the molecule is Cc1ccc2c(c1)N(C(=O)COC(=O)c1ccnc(Cl)c1)CCO2. The minimum atomic E-state index is -0.620. The van der Waals surface area contributed by atoms with Crippen molar-refractivity contribution in [2.75, 3.05) is 24.7 Å². The number of esters is 1. The number of aromatic nitrogens is 1. The maximum absolute atomic E-state index is 12.4.